The second kappa shape index (κ2) is 7.22. The van der Waals surface area contributed by atoms with Crippen molar-refractivity contribution >= 4 is 11.6 Å². The van der Waals surface area contributed by atoms with Gasteiger partial charge in [-0.15, -0.1) is 0 Å². The molecule has 2 aromatic carbocycles. The molecule has 0 spiro atoms. The van der Waals surface area contributed by atoms with Gasteiger partial charge < -0.3 is 10.1 Å². The van der Waals surface area contributed by atoms with Crippen LogP contribution in [0.2, 0.25) is 0 Å². The van der Waals surface area contributed by atoms with E-state index in [1.54, 1.807) is 0 Å². The van der Waals surface area contributed by atoms with Crippen molar-refractivity contribution in [2.24, 2.45) is 0 Å². The summed E-state index contributed by atoms with van der Waals surface area (Å²) in [7, 11) is 0. The molecule has 0 saturated heterocycles. The second-order valence-electron chi connectivity index (χ2n) is 5.02. The van der Waals surface area contributed by atoms with E-state index in [-0.39, 0.29) is 17.3 Å². The first-order valence-corrected chi connectivity index (χ1v) is 7.20. The Labute approximate surface area is 145 Å². The molecule has 131 valence electrons. The Hall–Kier alpha value is -3.42. The van der Waals surface area contributed by atoms with Crippen LogP contribution in [0.3, 0.4) is 0 Å². The van der Waals surface area contributed by atoms with E-state index in [1.165, 1.54) is 30.5 Å². The summed E-state index contributed by atoms with van der Waals surface area (Å²) in [5.74, 6) is -6.34. The number of rotatable bonds is 4. The van der Waals surface area contributed by atoms with Crippen molar-refractivity contribution in [3.8, 4) is 11.6 Å². The molecule has 1 N–H and O–H groups in total. The number of aromatic nitrogens is 1. The molecule has 0 aliphatic heterocycles. The van der Waals surface area contributed by atoms with Gasteiger partial charge in [-0.2, -0.15) is 0 Å². The summed E-state index contributed by atoms with van der Waals surface area (Å²) >= 11 is 0. The SMILES string of the molecule is O=C(Nc1ccc(Oc2cc[c]cc2F)nc1)c1ccc(F)c(F)c1F. The van der Waals surface area contributed by atoms with Gasteiger partial charge in [0.25, 0.3) is 5.91 Å². The molecule has 4 nitrogen and oxygen atoms in total. The van der Waals surface area contributed by atoms with Crippen molar-refractivity contribution in [1.82, 2.24) is 4.98 Å². The Morgan fingerprint density at radius 3 is 2.50 bits per heavy atom. The highest BCUT2D eigenvalue weighted by molar-refractivity contribution is 6.04. The summed E-state index contributed by atoms with van der Waals surface area (Å²) in [5.41, 5.74) is -0.514. The molecule has 1 radical (unpaired) electrons. The van der Waals surface area contributed by atoms with Gasteiger partial charge in [-0.1, -0.05) is 6.07 Å². The first-order valence-electron chi connectivity index (χ1n) is 7.20. The Kier molecular flexibility index (Phi) is 4.83. The first kappa shape index (κ1) is 17.4. The fourth-order valence-electron chi connectivity index (χ4n) is 2.01. The number of halogens is 4. The van der Waals surface area contributed by atoms with Crippen molar-refractivity contribution in [2.75, 3.05) is 5.32 Å². The lowest BCUT2D eigenvalue weighted by Crippen LogP contribution is -2.15. The lowest BCUT2D eigenvalue weighted by molar-refractivity contribution is 0.102. The quantitative estimate of drug-likeness (QED) is 0.551. The first-order chi connectivity index (χ1) is 12.5. The molecule has 0 bridgehead atoms. The van der Waals surface area contributed by atoms with Crippen molar-refractivity contribution in [3.63, 3.8) is 0 Å². The van der Waals surface area contributed by atoms with E-state index in [9.17, 15) is 22.4 Å². The minimum atomic E-state index is -1.73. The Morgan fingerprint density at radius 1 is 1.00 bits per heavy atom. The highest BCUT2D eigenvalue weighted by atomic mass is 19.2. The molecule has 1 heterocycles. The van der Waals surface area contributed by atoms with Crippen LogP contribution >= 0.6 is 0 Å². The number of carbonyl (C=O) groups excluding carboxylic acids is 1. The van der Waals surface area contributed by atoms with Crippen LogP contribution in [0, 0.1) is 29.3 Å². The van der Waals surface area contributed by atoms with E-state index in [0.29, 0.717) is 6.07 Å². The van der Waals surface area contributed by atoms with E-state index in [1.807, 2.05) is 0 Å². The van der Waals surface area contributed by atoms with Crippen molar-refractivity contribution in [3.05, 3.63) is 83.6 Å². The third-order valence-corrected chi connectivity index (χ3v) is 3.26. The van der Waals surface area contributed by atoms with Gasteiger partial charge >= 0.3 is 0 Å². The van der Waals surface area contributed by atoms with E-state index in [2.05, 4.69) is 16.4 Å². The second-order valence-corrected chi connectivity index (χ2v) is 5.02. The minimum Gasteiger partial charge on any atom is -0.436 e. The van der Waals surface area contributed by atoms with Gasteiger partial charge in [-0.25, -0.2) is 22.5 Å². The van der Waals surface area contributed by atoms with Gasteiger partial charge in [-0.05, 0) is 36.4 Å². The predicted octanol–water partition coefficient (Wildman–Crippen LogP) is 4.48. The third kappa shape index (κ3) is 3.64. The zero-order valence-corrected chi connectivity index (χ0v) is 12.9. The molecule has 0 atom stereocenters. The number of benzene rings is 2. The van der Waals surface area contributed by atoms with Crippen LogP contribution in [0.1, 0.15) is 10.4 Å². The normalized spacial score (nSPS) is 10.5. The molecule has 3 rings (SSSR count). The van der Waals surface area contributed by atoms with Gasteiger partial charge in [0.1, 0.15) is 0 Å². The van der Waals surface area contributed by atoms with E-state index < -0.39 is 34.7 Å². The molecular weight excluding hydrogens is 352 g/mol. The molecule has 8 heteroatoms. The standard InChI is InChI=1S/C18H9F4N2O2/c19-12-3-1-2-4-14(12)26-15-8-5-10(9-23-15)24-18(25)11-6-7-13(20)17(22)16(11)21/h2-9H,(H,24,25). The Balaban J connectivity index is 1.72. The average molecular weight is 361 g/mol. The molecule has 3 aromatic rings. The van der Waals surface area contributed by atoms with Crippen LogP contribution < -0.4 is 10.1 Å². The van der Waals surface area contributed by atoms with Crippen molar-refractivity contribution in [1.29, 1.82) is 0 Å². The number of pyridine rings is 1. The number of carbonyl (C=O) groups is 1. The highest BCUT2D eigenvalue weighted by Crippen LogP contribution is 2.23. The fraction of sp³-hybridized carbons (Fsp3) is 0. The largest absolute Gasteiger partial charge is 0.436 e. The average Bonchev–Trinajstić information content (AvgIpc) is 2.63. The van der Waals surface area contributed by atoms with Crippen LogP contribution in [0.15, 0.2) is 48.7 Å². The van der Waals surface area contributed by atoms with E-state index >= 15 is 0 Å². The Bertz CT molecular complexity index is 962. The lowest BCUT2D eigenvalue weighted by atomic mass is 10.2. The fourth-order valence-corrected chi connectivity index (χ4v) is 2.01. The Morgan fingerprint density at radius 2 is 1.81 bits per heavy atom. The summed E-state index contributed by atoms with van der Waals surface area (Å²) < 4.78 is 58.4. The maximum absolute atomic E-state index is 13.6. The molecule has 0 aliphatic rings. The summed E-state index contributed by atoms with van der Waals surface area (Å²) in [6, 6.07) is 10.6. The molecule has 26 heavy (non-hydrogen) atoms. The number of nitrogens with zero attached hydrogens (tertiary/aromatic N) is 1. The zero-order valence-electron chi connectivity index (χ0n) is 12.9. The monoisotopic (exact) mass is 361 g/mol. The molecule has 1 amide bonds. The summed E-state index contributed by atoms with van der Waals surface area (Å²) in [5, 5.41) is 2.28. The number of ether oxygens (including phenoxy) is 1. The number of nitrogens with one attached hydrogen (secondary N) is 1. The molecule has 1 aromatic heterocycles. The summed E-state index contributed by atoms with van der Waals surface area (Å²) in [4.78, 5) is 15.8. The molecule has 0 saturated carbocycles. The van der Waals surface area contributed by atoms with Crippen LogP contribution in [-0.4, -0.2) is 10.9 Å². The van der Waals surface area contributed by atoms with Gasteiger partial charge in [0.05, 0.1) is 17.4 Å². The molecule has 0 unspecified atom stereocenters. The van der Waals surface area contributed by atoms with E-state index in [4.69, 9.17) is 4.74 Å². The summed E-state index contributed by atoms with van der Waals surface area (Å²) in [6.07, 6.45) is 1.18. The van der Waals surface area contributed by atoms with Crippen LogP contribution in [-0.2, 0) is 0 Å². The van der Waals surface area contributed by atoms with Gasteiger partial charge in [0.2, 0.25) is 5.88 Å². The van der Waals surface area contributed by atoms with Crippen LogP contribution in [0.4, 0.5) is 23.2 Å². The lowest BCUT2D eigenvalue weighted by Gasteiger charge is -2.08. The predicted molar refractivity (Wildman–Crippen MR) is 83.8 cm³/mol. The van der Waals surface area contributed by atoms with E-state index in [0.717, 1.165) is 12.1 Å². The topological polar surface area (TPSA) is 51.2 Å². The third-order valence-electron chi connectivity index (χ3n) is 3.26. The van der Waals surface area contributed by atoms with Crippen LogP contribution in [0.25, 0.3) is 0 Å². The van der Waals surface area contributed by atoms with Gasteiger partial charge in [0.15, 0.2) is 29.0 Å². The summed E-state index contributed by atoms with van der Waals surface area (Å²) in [6.45, 7) is 0. The number of hydrogen-bond donors (Lipinski definition) is 1. The molecular formula is C18H9F4N2O2. The minimum absolute atomic E-state index is 0.0482. The smallest absolute Gasteiger partial charge is 0.258 e. The molecule has 0 fully saturated rings. The number of hydrogen-bond acceptors (Lipinski definition) is 3. The molecule has 0 aliphatic carbocycles. The maximum atomic E-state index is 13.6. The van der Waals surface area contributed by atoms with Crippen molar-refractivity contribution < 1.29 is 27.1 Å². The number of anilines is 1. The highest BCUT2D eigenvalue weighted by Gasteiger charge is 2.19. The van der Waals surface area contributed by atoms with Crippen LogP contribution in [0.5, 0.6) is 11.6 Å². The van der Waals surface area contributed by atoms with Gasteiger partial charge in [0, 0.05) is 6.07 Å². The van der Waals surface area contributed by atoms with Crippen molar-refractivity contribution in [2.45, 2.75) is 0 Å². The number of amides is 1. The maximum Gasteiger partial charge on any atom is 0.258 e. The zero-order chi connectivity index (χ0) is 18.7. The van der Waals surface area contributed by atoms with Gasteiger partial charge in [-0.3, -0.25) is 4.79 Å².